The van der Waals surface area contributed by atoms with Crippen molar-refractivity contribution in [1.29, 1.82) is 0 Å². The van der Waals surface area contributed by atoms with Crippen LogP contribution in [0.25, 0.3) is 0 Å². The second kappa shape index (κ2) is 5.91. The third-order valence-electron chi connectivity index (χ3n) is 2.16. The molecule has 0 aromatic carbocycles. The Hall–Kier alpha value is -1.70. The average Bonchev–Trinajstić information content (AvgIpc) is 2.32. The molecule has 0 bridgehead atoms. The Kier molecular flexibility index (Phi) is 4.48. The fourth-order valence-corrected chi connectivity index (χ4v) is 1.30. The van der Waals surface area contributed by atoms with Crippen LogP contribution in [0, 0.1) is 0 Å². The van der Waals surface area contributed by atoms with Crippen molar-refractivity contribution in [2.75, 3.05) is 6.54 Å². The minimum absolute atomic E-state index is 0.645. The summed E-state index contributed by atoms with van der Waals surface area (Å²) < 4.78 is 0. The predicted octanol–water partition coefficient (Wildman–Crippen LogP) is 2.64. The van der Waals surface area contributed by atoms with Crippen LogP contribution in [0.2, 0.25) is 0 Å². The Morgan fingerprint density at radius 2 is 2.40 bits per heavy atom. The Morgan fingerprint density at radius 1 is 1.60 bits per heavy atom. The van der Waals surface area contributed by atoms with Gasteiger partial charge < -0.3 is 0 Å². The number of dihydropyridines is 1. The van der Waals surface area contributed by atoms with Crippen LogP contribution >= 0.6 is 0 Å². The molecule has 2 heteroatoms. The number of nitrogens with zero attached hydrogens (tertiary/aromatic N) is 1. The normalized spacial score (nSPS) is 17.3. The van der Waals surface area contributed by atoms with E-state index in [1.165, 1.54) is 0 Å². The molecule has 0 aliphatic carbocycles. The van der Waals surface area contributed by atoms with Crippen LogP contribution in [0.5, 0.6) is 0 Å². The van der Waals surface area contributed by atoms with E-state index in [-0.39, 0.29) is 0 Å². The maximum absolute atomic E-state index is 10.7. The monoisotopic (exact) mass is 201 g/mol. The van der Waals surface area contributed by atoms with Crippen molar-refractivity contribution in [3.63, 3.8) is 0 Å². The molecule has 0 unspecified atom stereocenters. The molecule has 0 amide bonds. The maximum Gasteiger partial charge on any atom is 0.149 e. The molecule has 0 aromatic heterocycles. The van der Waals surface area contributed by atoms with Crippen LogP contribution in [0.15, 0.2) is 53.1 Å². The Labute approximate surface area is 90.4 Å². The molecule has 0 spiro atoms. The molecule has 1 aliphatic rings. The molecule has 78 valence electrons. The fraction of sp³-hybridized carbons (Fsp3) is 0.231. The summed E-state index contributed by atoms with van der Waals surface area (Å²) in [4.78, 5) is 15.0. The highest BCUT2D eigenvalue weighted by atomic mass is 16.1. The summed E-state index contributed by atoms with van der Waals surface area (Å²) in [7, 11) is 0. The van der Waals surface area contributed by atoms with Gasteiger partial charge in [0.05, 0.1) is 5.71 Å². The summed E-state index contributed by atoms with van der Waals surface area (Å²) in [6.07, 6.45) is 11.2. The first-order valence-corrected chi connectivity index (χ1v) is 4.98. The Morgan fingerprint density at radius 3 is 2.87 bits per heavy atom. The molecule has 0 N–H and O–H groups in total. The lowest BCUT2D eigenvalue weighted by atomic mass is 10.0. The maximum atomic E-state index is 10.7. The van der Waals surface area contributed by atoms with Gasteiger partial charge >= 0.3 is 0 Å². The van der Waals surface area contributed by atoms with Crippen molar-refractivity contribution >= 4 is 12.0 Å². The van der Waals surface area contributed by atoms with E-state index in [9.17, 15) is 4.79 Å². The van der Waals surface area contributed by atoms with Gasteiger partial charge in [0.2, 0.25) is 0 Å². The van der Waals surface area contributed by atoms with Gasteiger partial charge in [0.15, 0.2) is 0 Å². The van der Waals surface area contributed by atoms with Gasteiger partial charge in [-0.25, -0.2) is 0 Å². The highest BCUT2D eigenvalue weighted by Gasteiger charge is 2.03. The van der Waals surface area contributed by atoms with Crippen molar-refractivity contribution in [3.05, 3.63) is 48.1 Å². The lowest BCUT2D eigenvalue weighted by Crippen LogP contribution is -2.03. The average molecular weight is 201 g/mol. The van der Waals surface area contributed by atoms with Gasteiger partial charge in [-0.05, 0) is 31.1 Å². The van der Waals surface area contributed by atoms with Gasteiger partial charge in [-0.1, -0.05) is 24.8 Å². The lowest BCUT2D eigenvalue weighted by molar-refractivity contribution is -0.104. The van der Waals surface area contributed by atoms with Crippen LogP contribution in [-0.2, 0) is 4.79 Å². The van der Waals surface area contributed by atoms with Crippen LogP contribution < -0.4 is 0 Å². The van der Waals surface area contributed by atoms with Crippen molar-refractivity contribution in [2.24, 2.45) is 4.99 Å². The van der Waals surface area contributed by atoms with Crippen LogP contribution in [-0.4, -0.2) is 18.5 Å². The molecular formula is C13H15NO. The lowest BCUT2D eigenvalue weighted by Gasteiger charge is -2.06. The number of aldehydes is 1. The SMILES string of the molecule is C=C/C(=C\C(C=O)=C/C)C1=NCCC=C1. The highest BCUT2D eigenvalue weighted by Crippen LogP contribution is 2.09. The number of aliphatic imine (C=N–C) groups is 1. The number of allylic oxidation sites excluding steroid dienone is 6. The zero-order valence-corrected chi connectivity index (χ0v) is 8.94. The zero-order chi connectivity index (χ0) is 11.1. The van der Waals surface area contributed by atoms with Gasteiger partial charge in [-0.15, -0.1) is 0 Å². The third kappa shape index (κ3) is 3.17. The number of carbonyl (C=O) groups excluding carboxylic acids is 1. The smallest absolute Gasteiger partial charge is 0.149 e. The summed E-state index contributed by atoms with van der Waals surface area (Å²) >= 11 is 0. The van der Waals surface area contributed by atoms with E-state index in [4.69, 9.17) is 0 Å². The second-order valence-corrected chi connectivity index (χ2v) is 3.17. The molecule has 0 aromatic rings. The van der Waals surface area contributed by atoms with E-state index < -0.39 is 0 Å². The van der Waals surface area contributed by atoms with Gasteiger partial charge in [-0.2, -0.15) is 0 Å². The van der Waals surface area contributed by atoms with E-state index >= 15 is 0 Å². The number of carbonyl (C=O) groups is 1. The van der Waals surface area contributed by atoms with E-state index in [0.29, 0.717) is 5.57 Å². The first kappa shape index (κ1) is 11.4. The Balaban J connectivity index is 2.97. The topological polar surface area (TPSA) is 29.4 Å². The summed E-state index contributed by atoms with van der Waals surface area (Å²) in [5, 5.41) is 0. The summed E-state index contributed by atoms with van der Waals surface area (Å²) in [6, 6.07) is 0. The van der Waals surface area contributed by atoms with Gasteiger partial charge in [-0.3, -0.25) is 9.79 Å². The molecular weight excluding hydrogens is 186 g/mol. The summed E-state index contributed by atoms with van der Waals surface area (Å²) in [5.74, 6) is 0. The largest absolute Gasteiger partial charge is 0.298 e. The van der Waals surface area contributed by atoms with Crippen molar-refractivity contribution in [1.82, 2.24) is 0 Å². The number of hydrogen-bond donors (Lipinski definition) is 0. The van der Waals surface area contributed by atoms with Gasteiger partial charge in [0.25, 0.3) is 0 Å². The first-order chi connectivity index (χ1) is 7.31. The third-order valence-corrected chi connectivity index (χ3v) is 2.16. The predicted molar refractivity (Wildman–Crippen MR) is 64.2 cm³/mol. The minimum atomic E-state index is 0.645. The van der Waals surface area contributed by atoms with Gasteiger partial charge in [0.1, 0.15) is 6.29 Å². The van der Waals surface area contributed by atoms with Crippen LogP contribution in [0.4, 0.5) is 0 Å². The van der Waals surface area contributed by atoms with E-state index in [1.807, 2.05) is 13.0 Å². The molecule has 15 heavy (non-hydrogen) atoms. The molecule has 0 radical (unpaired) electrons. The molecule has 2 nitrogen and oxygen atoms in total. The van der Waals surface area contributed by atoms with E-state index in [0.717, 1.165) is 30.5 Å². The van der Waals surface area contributed by atoms with Crippen LogP contribution in [0.3, 0.4) is 0 Å². The Bertz CT molecular complexity index is 370. The molecule has 0 saturated carbocycles. The van der Waals surface area contributed by atoms with Crippen molar-refractivity contribution < 1.29 is 4.79 Å². The zero-order valence-electron chi connectivity index (χ0n) is 8.94. The van der Waals surface area contributed by atoms with Gasteiger partial charge in [0, 0.05) is 12.1 Å². The first-order valence-electron chi connectivity index (χ1n) is 4.98. The highest BCUT2D eigenvalue weighted by molar-refractivity contribution is 6.11. The minimum Gasteiger partial charge on any atom is -0.298 e. The van der Waals surface area contributed by atoms with Crippen LogP contribution in [0.1, 0.15) is 13.3 Å². The molecule has 0 saturated heterocycles. The molecule has 1 rings (SSSR count). The van der Waals surface area contributed by atoms with Crippen molar-refractivity contribution in [2.45, 2.75) is 13.3 Å². The molecule has 1 heterocycles. The summed E-state index contributed by atoms with van der Waals surface area (Å²) in [6.45, 7) is 6.37. The summed E-state index contributed by atoms with van der Waals surface area (Å²) in [5.41, 5.74) is 2.44. The number of hydrogen-bond acceptors (Lipinski definition) is 2. The molecule has 0 atom stereocenters. The molecule has 1 aliphatic heterocycles. The fourth-order valence-electron chi connectivity index (χ4n) is 1.30. The second-order valence-electron chi connectivity index (χ2n) is 3.17. The molecule has 0 fully saturated rings. The number of rotatable bonds is 4. The van der Waals surface area contributed by atoms with E-state index in [2.05, 4.69) is 17.6 Å². The van der Waals surface area contributed by atoms with Crippen molar-refractivity contribution in [3.8, 4) is 0 Å². The van der Waals surface area contributed by atoms with E-state index in [1.54, 1.807) is 18.2 Å². The standard InChI is InChI=1S/C13H15NO/c1-3-11(10-15)9-12(4-2)13-7-5-6-8-14-13/h3-5,7,9-10H,2,6,8H2,1H3/b11-3+,12-9+. The quantitative estimate of drug-likeness (QED) is 0.390.